The molecule has 2 unspecified atom stereocenters. The molecule has 1 aliphatic carbocycles. The molecule has 2 atom stereocenters. The van der Waals surface area contributed by atoms with Gasteiger partial charge in [-0.2, -0.15) is 0 Å². The van der Waals surface area contributed by atoms with Crippen LogP contribution in [0.3, 0.4) is 0 Å². The van der Waals surface area contributed by atoms with Crippen LogP contribution >= 0.6 is 22.6 Å². The van der Waals surface area contributed by atoms with E-state index in [1.54, 1.807) is 0 Å². The van der Waals surface area contributed by atoms with Gasteiger partial charge in [-0.1, -0.05) is 40.8 Å². The van der Waals surface area contributed by atoms with Crippen LogP contribution in [-0.2, 0) is 12.8 Å². The molecular weight excluding hydrogens is 349 g/mol. The molecule has 102 valence electrons. The summed E-state index contributed by atoms with van der Waals surface area (Å²) < 4.78 is 2.12. The molecule has 1 heterocycles. The third-order valence-corrected chi connectivity index (χ3v) is 5.11. The average Bonchev–Trinajstić information content (AvgIpc) is 2.44. The van der Waals surface area contributed by atoms with Gasteiger partial charge in [0.05, 0.1) is 0 Å². The molecule has 0 saturated carbocycles. The lowest BCUT2D eigenvalue weighted by Gasteiger charge is -2.44. The minimum absolute atomic E-state index is 0.500. The number of aromatic hydroxyl groups is 1. The zero-order valence-electron chi connectivity index (χ0n) is 11.1. The Balaban J connectivity index is 1.85. The molecule has 1 aromatic carbocycles. The molecule has 19 heavy (non-hydrogen) atoms. The third-order valence-electron chi connectivity index (χ3n) is 4.61. The fraction of sp³-hybridized carbons (Fsp3) is 0.500. The van der Waals surface area contributed by atoms with Crippen LogP contribution in [0.5, 0.6) is 5.75 Å². The van der Waals surface area contributed by atoms with Crippen LogP contribution in [0.25, 0.3) is 0 Å². The second-order valence-electron chi connectivity index (χ2n) is 5.65. The lowest BCUT2D eigenvalue weighted by Crippen LogP contribution is -2.49. The van der Waals surface area contributed by atoms with E-state index in [2.05, 4.69) is 43.7 Å². The SMILES string of the molecule is Oc1cccc2c1CC1CCCN(C/C=C/I)C1C2. The van der Waals surface area contributed by atoms with Crippen molar-refractivity contribution in [1.29, 1.82) is 0 Å². The summed E-state index contributed by atoms with van der Waals surface area (Å²) in [7, 11) is 0. The molecule has 1 saturated heterocycles. The molecule has 0 bridgehead atoms. The summed E-state index contributed by atoms with van der Waals surface area (Å²) in [5.74, 6) is 1.22. The molecule has 0 amide bonds. The van der Waals surface area contributed by atoms with Gasteiger partial charge in [-0.3, -0.25) is 4.90 Å². The number of nitrogens with zero attached hydrogens (tertiary/aromatic N) is 1. The van der Waals surface area contributed by atoms with Crippen LogP contribution < -0.4 is 0 Å². The van der Waals surface area contributed by atoms with Crippen molar-refractivity contribution >= 4 is 22.6 Å². The number of fused-ring (bicyclic) bond motifs is 2. The number of rotatable bonds is 2. The Morgan fingerprint density at radius 2 is 2.26 bits per heavy atom. The summed E-state index contributed by atoms with van der Waals surface area (Å²) in [6, 6.07) is 6.66. The molecule has 0 radical (unpaired) electrons. The van der Waals surface area contributed by atoms with Gasteiger partial charge in [0.2, 0.25) is 0 Å². The smallest absolute Gasteiger partial charge is 0.119 e. The molecule has 1 aromatic rings. The molecular formula is C16H20INO. The highest BCUT2D eigenvalue weighted by molar-refractivity contribution is 14.1. The highest BCUT2D eigenvalue weighted by atomic mass is 127. The maximum Gasteiger partial charge on any atom is 0.119 e. The van der Waals surface area contributed by atoms with Crippen molar-refractivity contribution in [2.24, 2.45) is 5.92 Å². The van der Waals surface area contributed by atoms with Crippen LogP contribution in [0.4, 0.5) is 0 Å². The van der Waals surface area contributed by atoms with Gasteiger partial charge in [-0.15, -0.1) is 0 Å². The minimum Gasteiger partial charge on any atom is -0.508 e. The third kappa shape index (κ3) is 2.68. The Labute approximate surface area is 128 Å². The predicted octanol–water partition coefficient (Wildman–Crippen LogP) is 3.52. The predicted molar refractivity (Wildman–Crippen MR) is 86.8 cm³/mol. The Kier molecular flexibility index (Phi) is 4.12. The monoisotopic (exact) mass is 369 g/mol. The van der Waals surface area contributed by atoms with E-state index in [4.69, 9.17) is 0 Å². The summed E-state index contributed by atoms with van der Waals surface area (Å²) in [5.41, 5.74) is 2.56. The van der Waals surface area contributed by atoms with E-state index in [1.165, 1.54) is 30.5 Å². The van der Waals surface area contributed by atoms with E-state index in [-0.39, 0.29) is 0 Å². The summed E-state index contributed by atoms with van der Waals surface area (Å²) in [6.07, 6.45) is 7.00. The quantitative estimate of drug-likeness (QED) is 0.807. The van der Waals surface area contributed by atoms with E-state index >= 15 is 0 Å². The van der Waals surface area contributed by atoms with Crippen molar-refractivity contribution < 1.29 is 5.11 Å². The fourth-order valence-electron chi connectivity index (χ4n) is 3.68. The first kappa shape index (κ1) is 13.4. The van der Waals surface area contributed by atoms with Crippen molar-refractivity contribution in [2.45, 2.75) is 31.7 Å². The molecule has 1 aliphatic heterocycles. The Morgan fingerprint density at radius 1 is 1.37 bits per heavy atom. The van der Waals surface area contributed by atoms with Crippen LogP contribution in [-0.4, -0.2) is 29.1 Å². The Hall–Kier alpha value is -0.550. The number of benzene rings is 1. The standard InChI is InChI=1S/C16H20INO/c17-7-3-9-18-8-2-5-13-10-14-12(11-15(13)18)4-1-6-16(14)19/h1,3-4,6-7,13,15,19H,2,5,8-11H2/b7-3+. The molecule has 2 nitrogen and oxygen atoms in total. The second kappa shape index (κ2) is 5.83. The topological polar surface area (TPSA) is 23.5 Å². The maximum absolute atomic E-state index is 10.0. The molecule has 3 rings (SSSR count). The van der Waals surface area contributed by atoms with Crippen molar-refractivity contribution in [3.8, 4) is 5.75 Å². The van der Waals surface area contributed by atoms with Crippen molar-refractivity contribution in [2.75, 3.05) is 13.1 Å². The first-order valence-corrected chi connectivity index (χ1v) is 8.33. The van der Waals surface area contributed by atoms with Gasteiger partial charge in [0, 0.05) is 12.6 Å². The molecule has 0 spiro atoms. The van der Waals surface area contributed by atoms with Gasteiger partial charge in [-0.25, -0.2) is 0 Å². The fourth-order valence-corrected chi connectivity index (χ4v) is 3.91. The molecule has 0 aromatic heterocycles. The largest absolute Gasteiger partial charge is 0.508 e. The highest BCUT2D eigenvalue weighted by Gasteiger charge is 2.35. The van der Waals surface area contributed by atoms with Crippen LogP contribution in [0.2, 0.25) is 0 Å². The number of piperidine rings is 1. The number of hydrogen-bond acceptors (Lipinski definition) is 2. The lowest BCUT2D eigenvalue weighted by molar-refractivity contribution is 0.0966. The van der Waals surface area contributed by atoms with Gasteiger partial charge in [0.15, 0.2) is 0 Å². The van der Waals surface area contributed by atoms with Gasteiger partial charge in [-0.05, 0) is 59.4 Å². The minimum atomic E-state index is 0.500. The average molecular weight is 369 g/mol. The van der Waals surface area contributed by atoms with Crippen molar-refractivity contribution in [3.05, 3.63) is 39.5 Å². The summed E-state index contributed by atoms with van der Waals surface area (Å²) in [5, 5.41) is 10.0. The zero-order valence-corrected chi connectivity index (χ0v) is 13.2. The van der Waals surface area contributed by atoms with Crippen LogP contribution in [0.15, 0.2) is 28.4 Å². The highest BCUT2D eigenvalue weighted by Crippen LogP contribution is 2.38. The van der Waals surface area contributed by atoms with E-state index in [0.29, 0.717) is 11.8 Å². The first-order valence-electron chi connectivity index (χ1n) is 7.08. The van der Waals surface area contributed by atoms with Crippen LogP contribution in [0, 0.1) is 5.92 Å². The zero-order chi connectivity index (χ0) is 13.2. The van der Waals surface area contributed by atoms with E-state index in [9.17, 15) is 5.11 Å². The number of halogens is 1. The van der Waals surface area contributed by atoms with Gasteiger partial charge < -0.3 is 5.11 Å². The normalized spacial score (nSPS) is 27.2. The maximum atomic E-state index is 10.0. The van der Waals surface area contributed by atoms with Crippen molar-refractivity contribution in [3.63, 3.8) is 0 Å². The lowest BCUT2D eigenvalue weighted by atomic mass is 9.75. The van der Waals surface area contributed by atoms with Gasteiger partial charge in [0.25, 0.3) is 0 Å². The number of hydrogen-bond donors (Lipinski definition) is 1. The summed E-state index contributed by atoms with van der Waals surface area (Å²) in [4.78, 5) is 2.62. The molecule has 1 fully saturated rings. The van der Waals surface area contributed by atoms with Gasteiger partial charge >= 0.3 is 0 Å². The van der Waals surface area contributed by atoms with Gasteiger partial charge in [0.1, 0.15) is 5.75 Å². The molecule has 1 N–H and O–H groups in total. The number of phenols is 1. The summed E-state index contributed by atoms with van der Waals surface area (Å²) in [6.45, 7) is 2.29. The van der Waals surface area contributed by atoms with E-state index in [0.717, 1.165) is 25.3 Å². The van der Waals surface area contributed by atoms with E-state index in [1.807, 2.05) is 12.1 Å². The second-order valence-corrected chi connectivity index (χ2v) is 6.37. The Bertz CT molecular complexity index is 486. The van der Waals surface area contributed by atoms with E-state index < -0.39 is 0 Å². The summed E-state index contributed by atoms with van der Waals surface area (Å²) >= 11 is 2.30. The first-order chi connectivity index (χ1) is 9.29. The Morgan fingerprint density at radius 3 is 3.11 bits per heavy atom. The van der Waals surface area contributed by atoms with Crippen molar-refractivity contribution in [1.82, 2.24) is 4.90 Å². The number of likely N-dealkylation sites (tertiary alicyclic amines) is 1. The van der Waals surface area contributed by atoms with Crippen LogP contribution in [0.1, 0.15) is 24.0 Å². The number of phenolic OH excluding ortho intramolecular Hbond substituents is 1. The molecule has 3 heteroatoms. The molecule has 2 aliphatic rings.